The number of hydrogen-bond donors (Lipinski definition) is 0. The van der Waals surface area contributed by atoms with Crippen LogP contribution < -0.4 is 0 Å². The van der Waals surface area contributed by atoms with Gasteiger partial charge >= 0.3 is 0 Å². The summed E-state index contributed by atoms with van der Waals surface area (Å²) in [7, 11) is 0. The van der Waals surface area contributed by atoms with Crippen LogP contribution in [0.3, 0.4) is 0 Å². The highest BCUT2D eigenvalue weighted by atomic mass is 16.7. The molecule has 13 heavy (non-hydrogen) atoms. The predicted molar refractivity (Wildman–Crippen MR) is 53.7 cm³/mol. The first-order chi connectivity index (χ1) is 6.33. The first kappa shape index (κ1) is 11.0. The minimum absolute atomic E-state index is 0.219. The summed E-state index contributed by atoms with van der Waals surface area (Å²) in [6.07, 6.45) is 7.09. The van der Waals surface area contributed by atoms with Gasteiger partial charge in [0.1, 0.15) is 0 Å². The van der Waals surface area contributed by atoms with Crippen LogP contribution in [0.15, 0.2) is 0 Å². The smallest absolute Gasteiger partial charge is 0.168 e. The van der Waals surface area contributed by atoms with Crippen molar-refractivity contribution >= 4 is 0 Å². The average Bonchev–Trinajstić information content (AvgIpc) is 2.17. The van der Waals surface area contributed by atoms with Gasteiger partial charge in [-0.05, 0) is 26.2 Å². The molecular weight excluding hydrogens is 164 g/mol. The molecule has 2 nitrogen and oxygen atoms in total. The lowest BCUT2D eigenvalue weighted by molar-refractivity contribution is -0.250. The average molecular weight is 186 g/mol. The first-order valence-electron chi connectivity index (χ1n) is 5.61. The summed E-state index contributed by atoms with van der Waals surface area (Å²) in [5.74, 6) is -0.219. The lowest BCUT2D eigenvalue weighted by atomic mass is 9.94. The molecule has 0 heterocycles. The van der Waals surface area contributed by atoms with Crippen LogP contribution in [0.5, 0.6) is 0 Å². The highest BCUT2D eigenvalue weighted by Crippen LogP contribution is 2.32. The first-order valence-corrected chi connectivity index (χ1v) is 5.61. The summed E-state index contributed by atoms with van der Waals surface area (Å²) in [5.41, 5.74) is 0. The van der Waals surface area contributed by atoms with Crippen LogP contribution in [-0.2, 0) is 9.47 Å². The fourth-order valence-corrected chi connectivity index (χ4v) is 1.97. The molecule has 0 atom stereocenters. The number of rotatable bonds is 5. The maximum Gasteiger partial charge on any atom is 0.168 e. The van der Waals surface area contributed by atoms with E-state index >= 15 is 0 Å². The van der Waals surface area contributed by atoms with Gasteiger partial charge in [0.25, 0.3) is 0 Å². The van der Waals surface area contributed by atoms with Gasteiger partial charge in [0.15, 0.2) is 5.79 Å². The van der Waals surface area contributed by atoms with Crippen molar-refractivity contribution < 1.29 is 9.47 Å². The molecule has 1 saturated carbocycles. The Bertz CT molecular complexity index is 123. The van der Waals surface area contributed by atoms with Crippen molar-refractivity contribution in [1.82, 2.24) is 0 Å². The summed E-state index contributed by atoms with van der Waals surface area (Å²) in [6.45, 7) is 5.79. The molecule has 0 radical (unpaired) electrons. The lowest BCUT2D eigenvalue weighted by Gasteiger charge is -2.36. The normalized spacial score (nSPS) is 21.7. The molecule has 1 fully saturated rings. The maximum atomic E-state index is 5.84. The number of ether oxygens (including phenoxy) is 2. The van der Waals surface area contributed by atoms with Crippen molar-refractivity contribution in [3.8, 4) is 0 Å². The highest BCUT2D eigenvalue weighted by Gasteiger charge is 2.32. The van der Waals surface area contributed by atoms with E-state index in [4.69, 9.17) is 9.47 Å². The lowest BCUT2D eigenvalue weighted by Crippen LogP contribution is -2.38. The molecule has 0 aromatic rings. The molecule has 0 saturated heterocycles. The second-order valence-electron chi connectivity index (χ2n) is 3.75. The monoisotopic (exact) mass is 186 g/mol. The van der Waals surface area contributed by atoms with Crippen molar-refractivity contribution in [2.45, 2.75) is 58.2 Å². The van der Waals surface area contributed by atoms with Gasteiger partial charge in [-0.25, -0.2) is 0 Å². The van der Waals surface area contributed by atoms with E-state index in [-0.39, 0.29) is 5.79 Å². The molecule has 0 aliphatic heterocycles. The zero-order valence-corrected chi connectivity index (χ0v) is 8.97. The van der Waals surface area contributed by atoms with Crippen LogP contribution in [0.1, 0.15) is 52.4 Å². The van der Waals surface area contributed by atoms with E-state index in [1.165, 1.54) is 19.3 Å². The van der Waals surface area contributed by atoms with E-state index < -0.39 is 0 Å². The van der Waals surface area contributed by atoms with Crippen molar-refractivity contribution in [3.05, 3.63) is 0 Å². The third-order valence-corrected chi connectivity index (χ3v) is 2.59. The van der Waals surface area contributed by atoms with E-state index in [1.807, 2.05) is 6.92 Å². The van der Waals surface area contributed by atoms with Gasteiger partial charge in [-0.1, -0.05) is 13.3 Å². The van der Waals surface area contributed by atoms with E-state index in [2.05, 4.69) is 6.92 Å². The van der Waals surface area contributed by atoms with Crippen molar-refractivity contribution in [1.29, 1.82) is 0 Å². The Hall–Kier alpha value is -0.0800. The summed E-state index contributed by atoms with van der Waals surface area (Å²) in [6, 6.07) is 0. The fraction of sp³-hybridized carbons (Fsp3) is 1.00. The Kier molecular flexibility index (Phi) is 4.74. The van der Waals surface area contributed by atoms with Crippen LogP contribution in [0.25, 0.3) is 0 Å². The SMILES string of the molecule is CCCOC1(OCC)CCCCC1. The third-order valence-electron chi connectivity index (χ3n) is 2.59. The predicted octanol–water partition coefficient (Wildman–Crippen LogP) is 3.11. The Morgan fingerprint density at radius 1 is 1.00 bits per heavy atom. The Balaban J connectivity index is 2.40. The third kappa shape index (κ3) is 3.28. The van der Waals surface area contributed by atoms with Crippen LogP contribution in [0.4, 0.5) is 0 Å². The maximum absolute atomic E-state index is 5.84. The quantitative estimate of drug-likeness (QED) is 0.614. The second-order valence-corrected chi connectivity index (χ2v) is 3.75. The second kappa shape index (κ2) is 5.61. The van der Waals surface area contributed by atoms with Gasteiger partial charge in [-0.2, -0.15) is 0 Å². The fourth-order valence-electron chi connectivity index (χ4n) is 1.97. The Labute approximate surface area is 81.6 Å². The van der Waals surface area contributed by atoms with Gasteiger partial charge in [0.05, 0.1) is 0 Å². The molecule has 0 bridgehead atoms. The van der Waals surface area contributed by atoms with Crippen molar-refractivity contribution in [2.75, 3.05) is 13.2 Å². The molecule has 1 aliphatic rings. The largest absolute Gasteiger partial charge is 0.350 e. The summed E-state index contributed by atoms with van der Waals surface area (Å²) in [5, 5.41) is 0. The summed E-state index contributed by atoms with van der Waals surface area (Å²) >= 11 is 0. The van der Waals surface area contributed by atoms with Crippen LogP contribution in [-0.4, -0.2) is 19.0 Å². The standard InChI is InChI=1S/C11H22O2/c1-3-10-13-11(12-4-2)8-6-5-7-9-11/h3-10H2,1-2H3. The topological polar surface area (TPSA) is 18.5 Å². The zero-order chi connectivity index (χ0) is 9.57. The van der Waals surface area contributed by atoms with Crippen LogP contribution >= 0.6 is 0 Å². The van der Waals surface area contributed by atoms with E-state index in [1.54, 1.807) is 0 Å². The minimum atomic E-state index is -0.219. The molecule has 0 unspecified atom stereocenters. The molecule has 0 aromatic heterocycles. The van der Waals surface area contributed by atoms with E-state index in [0.29, 0.717) is 0 Å². The molecule has 0 aromatic carbocycles. The molecule has 1 rings (SSSR count). The van der Waals surface area contributed by atoms with Gasteiger partial charge in [-0.15, -0.1) is 0 Å². The molecular formula is C11H22O2. The van der Waals surface area contributed by atoms with E-state index in [0.717, 1.165) is 32.5 Å². The van der Waals surface area contributed by atoms with Crippen molar-refractivity contribution in [2.24, 2.45) is 0 Å². The van der Waals surface area contributed by atoms with Crippen LogP contribution in [0, 0.1) is 0 Å². The molecule has 0 amide bonds. The molecule has 1 aliphatic carbocycles. The highest BCUT2D eigenvalue weighted by molar-refractivity contribution is 4.75. The molecule has 78 valence electrons. The van der Waals surface area contributed by atoms with Crippen LogP contribution in [0.2, 0.25) is 0 Å². The van der Waals surface area contributed by atoms with Crippen molar-refractivity contribution in [3.63, 3.8) is 0 Å². The van der Waals surface area contributed by atoms with E-state index in [9.17, 15) is 0 Å². The minimum Gasteiger partial charge on any atom is -0.350 e. The van der Waals surface area contributed by atoms with Gasteiger partial charge in [-0.3, -0.25) is 0 Å². The molecule has 2 heteroatoms. The van der Waals surface area contributed by atoms with Gasteiger partial charge < -0.3 is 9.47 Å². The molecule has 0 N–H and O–H groups in total. The Morgan fingerprint density at radius 2 is 1.69 bits per heavy atom. The van der Waals surface area contributed by atoms with Gasteiger partial charge in [0.2, 0.25) is 0 Å². The zero-order valence-electron chi connectivity index (χ0n) is 8.97. The summed E-state index contributed by atoms with van der Waals surface area (Å²) < 4.78 is 11.6. The Morgan fingerprint density at radius 3 is 2.23 bits per heavy atom. The summed E-state index contributed by atoms with van der Waals surface area (Å²) in [4.78, 5) is 0. The van der Waals surface area contributed by atoms with Gasteiger partial charge in [0, 0.05) is 26.1 Å². The molecule has 0 spiro atoms. The number of hydrogen-bond acceptors (Lipinski definition) is 2.